The molecule has 1 aliphatic heterocycles. The predicted octanol–water partition coefficient (Wildman–Crippen LogP) is 3.22. The van der Waals surface area contributed by atoms with Crippen molar-refractivity contribution in [2.24, 2.45) is 0 Å². The molecule has 2 aliphatic rings. The number of aryl methyl sites for hydroxylation is 1. The molecule has 8 heteroatoms. The van der Waals surface area contributed by atoms with Gasteiger partial charge in [0.15, 0.2) is 11.4 Å². The lowest BCUT2D eigenvalue weighted by Gasteiger charge is -2.36. The quantitative estimate of drug-likeness (QED) is 0.570. The van der Waals surface area contributed by atoms with Gasteiger partial charge in [-0.15, -0.1) is 0 Å². The Hall–Kier alpha value is -1.57. The first kappa shape index (κ1) is 19.2. The van der Waals surface area contributed by atoms with E-state index in [1.807, 2.05) is 6.92 Å². The van der Waals surface area contributed by atoms with Gasteiger partial charge in [-0.2, -0.15) is 8.42 Å². The topological polar surface area (TPSA) is 78.9 Å². The Morgan fingerprint density at radius 1 is 1.27 bits per heavy atom. The highest BCUT2D eigenvalue weighted by Crippen LogP contribution is 2.48. The number of hydrogen-bond donors (Lipinski definition) is 0. The number of halogens is 1. The third kappa shape index (κ3) is 3.61. The summed E-state index contributed by atoms with van der Waals surface area (Å²) in [4.78, 5) is 12.7. The number of carbonyl (C=O) groups excluding carboxylic acids is 1. The molecule has 3 rings (SSSR count). The number of hydrogen-bond acceptors (Lipinski definition) is 6. The van der Waals surface area contributed by atoms with Crippen LogP contribution in [0.25, 0.3) is 5.57 Å². The lowest BCUT2D eigenvalue weighted by Crippen LogP contribution is -2.40. The molecule has 0 unspecified atom stereocenters. The minimum absolute atomic E-state index is 0.0327. The van der Waals surface area contributed by atoms with Crippen LogP contribution in [0.3, 0.4) is 0 Å². The van der Waals surface area contributed by atoms with Gasteiger partial charge in [-0.3, -0.25) is 0 Å². The van der Waals surface area contributed by atoms with Crippen LogP contribution < -0.4 is 0 Å². The van der Waals surface area contributed by atoms with E-state index in [1.165, 1.54) is 0 Å². The van der Waals surface area contributed by atoms with E-state index in [2.05, 4.69) is 0 Å². The van der Waals surface area contributed by atoms with Gasteiger partial charge in [0.25, 0.3) is 0 Å². The molecular formula is C18H21ClO6S. The van der Waals surface area contributed by atoms with Gasteiger partial charge in [0.1, 0.15) is 5.57 Å². The molecule has 142 valence electrons. The number of esters is 1. The number of ether oxygens (including phenoxy) is 2. The average Bonchev–Trinajstić information content (AvgIpc) is 2.79. The fourth-order valence-corrected chi connectivity index (χ4v) is 4.41. The summed E-state index contributed by atoms with van der Waals surface area (Å²) in [5.41, 5.74) is 0.313. The fraction of sp³-hybridized carbons (Fsp3) is 0.500. The van der Waals surface area contributed by atoms with Crippen molar-refractivity contribution >= 4 is 33.3 Å². The Balaban J connectivity index is 2.13. The predicted molar refractivity (Wildman–Crippen MR) is 97.1 cm³/mol. The van der Waals surface area contributed by atoms with E-state index in [0.29, 0.717) is 36.3 Å². The zero-order chi connectivity index (χ0) is 19.1. The van der Waals surface area contributed by atoms with Gasteiger partial charge >= 0.3 is 16.1 Å². The van der Waals surface area contributed by atoms with E-state index in [0.717, 1.165) is 11.8 Å². The van der Waals surface area contributed by atoms with E-state index in [4.69, 9.17) is 25.3 Å². The summed E-state index contributed by atoms with van der Waals surface area (Å²) in [7, 11) is -2.22. The molecule has 1 aromatic carbocycles. The minimum Gasteiger partial charge on any atom is -0.447 e. The van der Waals surface area contributed by atoms with E-state index >= 15 is 0 Å². The first-order valence-corrected chi connectivity index (χ1v) is 10.5. The van der Waals surface area contributed by atoms with Gasteiger partial charge in [0.05, 0.1) is 12.4 Å². The maximum Gasteiger partial charge on any atom is 0.343 e. The number of carbonyl (C=O) groups is 1. The number of rotatable bonds is 4. The number of methoxy groups -OCH3 is 1. The van der Waals surface area contributed by atoms with E-state index < -0.39 is 21.7 Å². The van der Waals surface area contributed by atoms with Crippen molar-refractivity contribution in [2.75, 3.05) is 13.4 Å². The van der Waals surface area contributed by atoms with Gasteiger partial charge in [-0.05, 0) is 44.2 Å². The van der Waals surface area contributed by atoms with Crippen LogP contribution in [-0.4, -0.2) is 39.5 Å². The van der Waals surface area contributed by atoms with Crippen molar-refractivity contribution in [3.05, 3.63) is 40.1 Å². The molecule has 0 amide bonds. The maximum absolute atomic E-state index is 12.7. The van der Waals surface area contributed by atoms with Gasteiger partial charge in [0.2, 0.25) is 0 Å². The van der Waals surface area contributed by atoms with Crippen molar-refractivity contribution in [1.82, 2.24) is 0 Å². The van der Waals surface area contributed by atoms with E-state index in [9.17, 15) is 13.2 Å². The minimum atomic E-state index is -3.85. The summed E-state index contributed by atoms with van der Waals surface area (Å²) < 4.78 is 40.1. The van der Waals surface area contributed by atoms with Crippen LogP contribution in [0.15, 0.2) is 24.0 Å². The normalized spacial score (nSPS) is 26.3. The van der Waals surface area contributed by atoms with Gasteiger partial charge in [-0.25, -0.2) is 4.79 Å². The smallest absolute Gasteiger partial charge is 0.343 e. The Morgan fingerprint density at radius 2 is 1.92 bits per heavy atom. The highest BCUT2D eigenvalue weighted by atomic mass is 35.5. The standard InChI is InChI=1S/C18H21ClO6S/c1-11-4-5-13(14(19)10-11)15-16(25-26(3,21)22)18(24-17(15)20)8-6-12(23-2)7-9-18/h4-5,10,12H,6-9H2,1-3H3. The molecule has 1 heterocycles. The SMILES string of the molecule is COC1CCC2(CC1)OC(=O)C(c1ccc(C)cc1Cl)=C2OS(C)(=O)=O. The van der Waals surface area contributed by atoms with Crippen LogP contribution in [0.5, 0.6) is 0 Å². The average molecular weight is 401 g/mol. The van der Waals surface area contributed by atoms with Gasteiger partial charge in [-0.1, -0.05) is 23.7 Å². The first-order valence-electron chi connectivity index (χ1n) is 8.32. The molecule has 0 atom stereocenters. The van der Waals surface area contributed by atoms with Gasteiger partial charge < -0.3 is 13.7 Å². The van der Waals surface area contributed by atoms with E-state index in [1.54, 1.807) is 25.3 Å². The molecule has 0 bridgehead atoms. The molecule has 1 aliphatic carbocycles. The molecule has 0 saturated heterocycles. The summed E-state index contributed by atoms with van der Waals surface area (Å²) in [6, 6.07) is 5.19. The Kier molecular flexibility index (Phi) is 5.07. The molecule has 0 radical (unpaired) electrons. The highest BCUT2D eigenvalue weighted by molar-refractivity contribution is 7.86. The second kappa shape index (κ2) is 6.87. The second-order valence-corrected chi connectivity index (χ2v) is 8.78. The van der Waals surface area contributed by atoms with Crippen molar-refractivity contribution < 1.29 is 26.9 Å². The summed E-state index contributed by atoms with van der Waals surface area (Å²) in [5, 5.41) is 0.342. The van der Waals surface area contributed by atoms with Crippen LogP contribution >= 0.6 is 11.6 Å². The van der Waals surface area contributed by atoms with E-state index in [-0.39, 0.29) is 17.4 Å². The largest absolute Gasteiger partial charge is 0.447 e. The molecule has 1 aromatic rings. The monoisotopic (exact) mass is 400 g/mol. The molecule has 1 spiro atoms. The third-order valence-corrected chi connectivity index (χ3v) is 5.62. The molecule has 6 nitrogen and oxygen atoms in total. The maximum atomic E-state index is 12.7. The number of benzene rings is 1. The fourth-order valence-electron chi connectivity index (χ4n) is 3.54. The lowest BCUT2D eigenvalue weighted by atomic mass is 9.81. The molecule has 0 aromatic heterocycles. The lowest BCUT2D eigenvalue weighted by molar-refractivity contribution is -0.151. The Bertz CT molecular complexity index is 866. The van der Waals surface area contributed by atoms with Crippen molar-refractivity contribution in [3.8, 4) is 0 Å². The molecule has 26 heavy (non-hydrogen) atoms. The van der Waals surface area contributed by atoms with Gasteiger partial charge in [0, 0.05) is 17.7 Å². The van der Waals surface area contributed by atoms with Crippen molar-refractivity contribution in [2.45, 2.75) is 44.3 Å². The summed E-state index contributed by atoms with van der Waals surface area (Å²) in [6.07, 6.45) is 3.12. The molecule has 1 fully saturated rings. The molecular weight excluding hydrogens is 380 g/mol. The van der Waals surface area contributed by atoms with Crippen LogP contribution in [0, 0.1) is 6.92 Å². The van der Waals surface area contributed by atoms with Crippen molar-refractivity contribution in [1.29, 1.82) is 0 Å². The zero-order valence-electron chi connectivity index (χ0n) is 14.9. The summed E-state index contributed by atoms with van der Waals surface area (Å²) in [6.45, 7) is 1.87. The Labute approximate surface area is 158 Å². The highest BCUT2D eigenvalue weighted by Gasteiger charge is 2.53. The zero-order valence-corrected chi connectivity index (χ0v) is 16.4. The summed E-state index contributed by atoms with van der Waals surface area (Å²) in [5.74, 6) is -0.587. The third-order valence-electron chi connectivity index (χ3n) is 4.84. The van der Waals surface area contributed by atoms with Crippen LogP contribution in [0.4, 0.5) is 0 Å². The van der Waals surface area contributed by atoms with Crippen LogP contribution in [-0.2, 0) is 28.6 Å². The molecule has 0 N–H and O–H groups in total. The van der Waals surface area contributed by atoms with Crippen LogP contribution in [0.2, 0.25) is 5.02 Å². The van der Waals surface area contributed by atoms with Crippen molar-refractivity contribution in [3.63, 3.8) is 0 Å². The van der Waals surface area contributed by atoms with Crippen LogP contribution in [0.1, 0.15) is 36.8 Å². The summed E-state index contributed by atoms with van der Waals surface area (Å²) >= 11 is 6.32. The second-order valence-electron chi connectivity index (χ2n) is 6.79. The Morgan fingerprint density at radius 3 is 2.46 bits per heavy atom. The molecule has 1 saturated carbocycles. The first-order chi connectivity index (χ1) is 12.1.